The van der Waals surface area contributed by atoms with Crippen LogP contribution in [0.15, 0.2) is 66.7 Å². The number of cyclic esters (lactones) is 1. The van der Waals surface area contributed by atoms with Crippen LogP contribution in [0, 0.1) is 5.92 Å². The van der Waals surface area contributed by atoms with Crippen molar-refractivity contribution in [3.63, 3.8) is 0 Å². The van der Waals surface area contributed by atoms with Crippen molar-refractivity contribution in [2.75, 3.05) is 38.3 Å². The fourth-order valence-corrected chi connectivity index (χ4v) is 3.96. The average molecular weight is 453 g/mol. The van der Waals surface area contributed by atoms with Crippen molar-refractivity contribution >= 4 is 17.7 Å². The maximum atomic E-state index is 12.7. The average Bonchev–Trinajstić information content (AvgIpc) is 3.26. The molecule has 2 aromatic rings. The Hall–Kier alpha value is -3.16. The van der Waals surface area contributed by atoms with Crippen molar-refractivity contribution in [2.45, 2.75) is 26.0 Å². The Morgan fingerprint density at radius 2 is 1.94 bits per heavy atom. The van der Waals surface area contributed by atoms with Crippen molar-refractivity contribution in [3.8, 4) is 0 Å². The number of methoxy groups -OCH3 is 1. The molecule has 0 saturated carbocycles. The standard InChI is InChI=1S/C26H32N2O5/c1-20(7-6-10-24(30)27(15-17-29)19-21-8-4-3-5-9-21)25(32-2)22-11-13-23(14-12-22)28-16-18-33-26(28)31/h3-9,11-14,20,25,29H,10,15-19H2,1-2H3/b7-6+/t20-,25+/m0/s1. The van der Waals surface area contributed by atoms with Gasteiger partial charge in [0.2, 0.25) is 5.91 Å². The van der Waals surface area contributed by atoms with Gasteiger partial charge >= 0.3 is 6.09 Å². The molecule has 33 heavy (non-hydrogen) atoms. The number of anilines is 1. The Bertz CT molecular complexity index is 929. The molecule has 176 valence electrons. The van der Waals surface area contributed by atoms with Crippen LogP contribution in [0.4, 0.5) is 10.5 Å². The van der Waals surface area contributed by atoms with Gasteiger partial charge in [0.05, 0.1) is 19.3 Å². The molecular weight excluding hydrogens is 420 g/mol. The summed E-state index contributed by atoms with van der Waals surface area (Å²) in [5, 5.41) is 9.35. The van der Waals surface area contributed by atoms with Crippen LogP contribution in [0.25, 0.3) is 0 Å². The number of amides is 2. The predicted octanol–water partition coefficient (Wildman–Crippen LogP) is 3.93. The number of carbonyl (C=O) groups excluding carboxylic acids is 2. The second-order valence-electron chi connectivity index (χ2n) is 8.03. The molecule has 7 heteroatoms. The Labute approximate surface area is 195 Å². The fraction of sp³-hybridized carbons (Fsp3) is 0.385. The zero-order valence-corrected chi connectivity index (χ0v) is 19.2. The van der Waals surface area contributed by atoms with Crippen molar-refractivity contribution < 1.29 is 24.2 Å². The van der Waals surface area contributed by atoms with E-state index in [0.717, 1.165) is 16.8 Å². The lowest BCUT2D eigenvalue weighted by molar-refractivity contribution is -0.131. The van der Waals surface area contributed by atoms with Gasteiger partial charge in [-0.25, -0.2) is 4.79 Å². The van der Waals surface area contributed by atoms with Gasteiger partial charge in [0.1, 0.15) is 6.61 Å². The maximum absolute atomic E-state index is 12.7. The number of benzene rings is 2. The van der Waals surface area contributed by atoms with Gasteiger partial charge in [0.25, 0.3) is 0 Å². The van der Waals surface area contributed by atoms with E-state index in [0.29, 0.717) is 26.2 Å². The van der Waals surface area contributed by atoms with E-state index in [1.807, 2.05) is 73.7 Å². The molecule has 0 unspecified atom stereocenters. The number of ether oxygens (including phenoxy) is 2. The van der Waals surface area contributed by atoms with Crippen LogP contribution in [0.1, 0.15) is 30.6 Å². The lowest BCUT2D eigenvalue weighted by Gasteiger charge is -2.23. The maximum Gasteiger partial charge on any atom is 0.414 e. The summed E-state index contributed by atoms with van der Waals surface area (Å²) in [5.74, 6) is -0.00186. The number of aliphatic hydroxyl groups excluding tert-OH is 1. The topological polar surface area (TPSA) is 79.3 Å². The van der Waals surface area contributed by atoms with Crippen molar-refractivity contribution in [1.29, 1.82) is 0 Å². The number of carbonyl (C=O) groups is 2. The highest BCUT2D eigenvalue weighted by atomic mass is 16.6. The molecule has 0 aliphatic carbocycles. The van der Waals surface area contributed by atoms with E-state index in [-0.39, 0.29) is 37.0 Å². The monoisotopic (exact) mass is 452 g/mol. The van der Waals surface area contributed by atoms with Crippen LogP contribution in [0.5, 0.6) is 0 Å². The molecule has 7 nitrogen and oxygen atoms in total. The number of hydrogen-bond acceptors (Lipinski definition) is 5. The summed E-state index contributed by atoms with van der Waals surface area (Å²) in [6.07, 6.45) is 3.59. The highest BCUT2D eigenvalue weighted by Gasteiger charge is 2.24. The molecule has 3 rings (SSSR count). The van der Waals surface area contributed by atoms with Crippen LogP contribution >= 0.6 is 0 Å². The largest absolute Gasteiger partial charge is 0.447 e. The minimum Gasteiger partial charge on any atom is -0.447 e. The third-order valence-electron chi connectivity index (χ3n) is 5.70. The van der Waals surface area contributed by atoms with E-state index < -0.39 is 0 Å². The number of nitrogens with zero attached hydrogens (tertiary/aromatic N) is 2. The van der Waals surface area contributed by atoms with E-state index in [9.17, 15) is 14.7 Å². The molecular formula is C26H32N2O5. The third-order valence-corrected chi connectivity index (χ3v) is 5.70. The van der Waals surface area contributed by atoms with Gasteiger partial charge in [-0.3, -0.25) is 9.69 Å². The number of rotatable bonds is 11. The van der Waals surface area contributed by atoms with Crippen LogP contribution in [-0.4, -0.2) is 55.4 Å². The molecule has 0 radical (unpaired) electrons. The first-order valence-corrected chi connectivity index (χ1v) is 11.2. The molecule has 1 aliphatic heterocycles. The molecule has 1 heterocycles. The Kier molecular flexibility index (Phi) is 9.04. The van der Waals surface area contributed by atoms with Gasteiger partial charge in [-0.05, 0) is 23.3 Å². The lowest BCUT2D eigenvalue weighted by Crippen LogP contribution is -2.32. The van der Waals surface area contributed by atoms with Gasteiger partial charge in [-0.15, -0.1) is 0 Å². The van der Waals surface area contributed by atoms with Crippen molar-refractivity contribution in [2.24, 2.45) is 5.92 Å². The molecule has 1 aliphatic rings. The second kappa shape index (κ2) is 12.2. The van der Waals surface area contributed by atoms with E-state index >= 15 is 0 Å². The summed E-state index contributed by atoms with van der Waals surface area (Å²) < 4.78 is 10.7. The van der Waals surface area contributed by atoms with E-state index in [2.05, 4.69) is 0 Å². The van der Waals surface area contributed by atoms with Gasteiger partial charge in [0.15, 0.2) is 0 Å². The molecule has 1 N–H and O–H groups in total. The van der Waals surface area contributed by atoms with Gasteiger partial charge < -0.3 is 19.5 Å². The molecule has 2 aromatic carbocycles. The molecule has 0 bridgehead atoms. The first-order valence-electron chi connectivity index (χ1n) is 11.2. The summed E-state index contributed by atoms with van der Waals surface area (Å²) in [5.41, 5.74) is 2.82. The Balaban J connectivity index is 1.58. The summed E-state index contributed by atoms with van der Waals surface area (Å²) in [4.78, 5) is 27.7. The number of aliphatic hydroxyl groups is 1. The summed E-state index contributed by atoms with van der Waals surface area (Å²) >= 11 is 0. The van der Waals surface area contributed by atoms with Crippen molar-refractivity contribution in [3.05, 3.63) is 77.9 Å². The van der Waals surface area contributed by atoms with E-state index in [1.54, 1.807) is 16.9 Å². The summed E-state index contributed by atoms with van der Waals surface area (Å²) in [7, 11) is 1.66. The molecule has 2 amide bonds. The van der Waals surface area contributed by atoms with Gasteiger partial charge in [0, 0.05) is 38.2 Å². The smallest absolute Gasteiger partial charge is 0.414 e. The van der Waals surface area contributed by atoms with Gasteiger partial charge in [-0.2, -0.15) is 0 Å². The SMILES string of the molecule is CO[C@@H](c1ccc(N2CCOC2=O)cc1)[C@@H](C)/C=C/CC(=O)N(CCO)Cc1ccccc1. The predicted molar refractivity (Wildman–Crippen MR) is 127 cm³/mol. The quantitative estimate of drug-likeness (QED) is 0.523. The van der Waals surface area contributed by atoms with Crippen LogP contribution in [0.3, 0.4) is 0 Å². The second-order valence-corrected chi connectivity index (χ2v) is 8.03. The zero-order valence-electron chi connectivity index (χ0n) is 19.2. The molecule has 2 atom stereocenters. The minimum absolute atomic E-state index is 0.0332. The van der Waals surface area contributed by atoms with Crippen molar-refractivity contribution in [1.82, 2.24) is 4.90 Å². The van der Waals surface area contributed by atoms with Crippen LogP contribution in [0.2, 0.25) is 0 Å². The first kappa shape index (κ1) is 24.5. The fourth-order valence-electron chi connectivity index (χ4n) is 3.96. The lowest BCUT2D eigenvalue weighted by atomic mass is 9.96. The molecule has 1 saturated heterocycles. The van der Waals surface area contributed by atoms with E-state index in [1.165, 1.54) is 0 Å². The zero-order chi connectivity index (χ0) is 23.6. The third kappa shape index (κ3) is 6.66. The van der Waals surface area contributed by atoms with Crippen LogP contribution < -0.4 is 4.90 Å². The summed E-state index contributed by atoms with van der Waals surface area (Å²) in [6, 6.07) is 17.4. The summed E-state index contributed by atoms with van der Waals surface area (Å²) in [6.45, 7) is 3.70. The van der Waals surface area contributed by atoms with E-state index in [4.69, 9.17) is 9.47 Å². The Morgan fingerprint density at radius 1 is 1.21 bits per heavy atom. The van der Waals surface area contributed by atoms with Crippen LogP contribution in [-0.2, 0) is 20.8 Å². The Morgan fingerprint density at radius 3 is 2.55 bits per heavy atom. The molecule has 1 fully saturated rings. The normalized spacial score (nSPS) is 15.5. The molecule has 0 aromatic heterocycles. The minimum atomic E-state index is -0.325. The highest BCUT2D eigenvalue weighted by molar-refractivity contribution is 5.89. The first-order chi connectivity index (χ1) is 16.0. The number of hydrogen-bond donors (Lipinski definition) is 1. The van der Waals surface area contributed by atoms with Gasteiger partial charge in [-0.1, -0.05) is 61.5 Å². The highest BCUT2D eigenvalue weighted by Crippen LogP contribution is 2.29. The molecule has 0 spiro atoms.